The van der Waals surface area contributed by atoms with Crippen molar-refractivity contribution in [3.63, 3.8) is 0 Å². The summed E-state index contributed by atoms with van der Waals surface area (Å²) in [4.78, 5) is 38.4. The summed E-state index contributed by atoms with van der Waals surface area (Å²) in [6.07, 6.45) is -1.21. The number of rotatable bonds is 5. The van der Waals surface area contributed by atoms with Crippen LogP contribution in [0.3, 0.4) is 0 Å². The van der Waals surface area contributed by atoms with Crippen LogP contribution < -0.4 is 10.9 Å². The Labute approximate surface area is 196 Å². The molecule has 10 heteroatoms. The van der Waals surface area contributed by atoms with Gasteiger partial charge in [0.05, 0.1) is 16.4 Å². The van der Waals surface area contributed by atoms with Gasteiger partial charge in [-0.3, -0.25) is 14.3 Å². The number of anilines is 1. The fourth-order valence-corrected chi connectivity index (χ4v) is 4.79. The van der Waals surface area contributed by atoms with Crippen LogP contribution in [0, 0.1) is 12.7 Å². The van der Waals surface area contributed by atoms with E-state index in [9.17, 15) is 18.8 Å². The maximum absolute atomic E-state index is 13.5. The molecular formula is C23H19ClFN3O4S. The van der Waals surface area contributed by atoms with Gasteiger partial charge in [0.1, 0.15) is 16.4 Å². The average Bonchev–Trinajstić information content (AvgIpc) is 3.22. The number of benzene rings is 2. The minimum atomic E-state index is -1.21. The Kier molecular flexibility index (Phi) is 6.09. The molecule has 0 saturated carbocycles. The van der Waals surface area contributed by atoms with Gasteiger partial charge in [-0.15, -0.1) is 11.3 Å². The Morgan fingerprint density at radius 2 is 1.88 bits per heavy atom. The molecule has 4 rings (SSSR count). The van der Waals surface area contributed by atoms with E-state index in [4.69, 9.17) is 16.3 Å². The van der Waals surface area contributed by atoms with Crippen LogP contribution in [-0.2, 0) is 16.6 Å². The minimum absolute atomic E-state index is 0.0687. The van der Waals surface area contributed by atoms with Crippen LogP contribution >= 0.6 is 22.9 Å². The predicted molar refractivity (Wildman–Crippen MR) is 126 cm³/mol. The molecule has 0 aliphatic heterocycles. The SMILES string of the molecule is Cc1c(NC(=O)C(C)OC(=O)c2sc3cc(F)ccc3c2Cl)c(=O)n(-c2ccccc2)n1C. The van der Waals surface area contributed by atoms with E-state index in [1.165, 1.54) is 29.8 Å². The highest BCUT2D eigenvalue weighted by Crippen LogP contribution is 2.36. The summed E-state index contributed by atoms with van der Waals surface area (Å²) in [5.74, 6) is -1.93. The summed E-state index contributed by atoms with van der Waals surface area (Å²) in [5.41, 5.74) is 0.849. The number of ether oxygens (including phenoxy) is 1. The van der Waals surface area contributed by atoms with Crippen LogP contribution in [0.4, 0.5) is 10.1 Å². The summed E-state index contributed by atoms with van der Waals surface area (Å²) < 4.78 is 22.3. The van der Waals surface area contributed by atoms with Crippen LogP contribution in [0.5, 0.6) is 0 Å². The summed E-state index contributed by atoms with van der Waals surface area (Å²) in [6, 6.07) is 13.0. The van der Waals surface area contributed by atoms with Gasteiger partial charge in [0.25, 0.3) is 11.5 Å². The second kappa shape index (κ2) is 8.84. The van der Waals surface area contributed by atoms with Crippen LogP contribution in [-0.4, -0.2) is 27.3 Å². The lowest BCUT2D eigenvalue weighted by molar-refractivity contribution is -0.123. The summed E-state index contributed by atoms with van der Waals surface area (Å²) in [7, 11) is 1.70. The first-order chi connectivity index (χ1) is 15.7. The van der Waals surface area contributed by atoms with E-state index < -0.39 is 29.4 Å². The van der Waals surface area contributed by atoms with E-state index in [0.29, 0.717) is 21.5 Å². The molecule has 0 radical (unpaired) electrons. The Morgan fingerprint density at radius 1 is 1.18 bits per heavy atom. The predicted octanol–water partition coefficient (Wildman–Crippen LogP) is 4.68. The quantitative estimate of drug-likeness (QED) is 0.414. The van der Waals surface area contributed by atoms with Crippen LogP contribution in [0.2, 0.25) is 5.02 Å². The van der Waals surface area contributed by atoms with Crippen LogP contribution in [0.15, 0.2) is 53.3 Å². The molecule has 0 aliphatic rings. The molecule has 2 aromatic heterocycles. The van der Waals surface area contributed by atoms with Crippen molar-refractivity contribution in [3.8, 4) is 5.69 Å². The van der Waals surface area contributed by atoms with E-state index in [1.54, 1.807) is 42.9 Å². The largest absolute Gasteiger partial charge is 0.448 e. The van der Waals surface area contributed by atoms with Crippen molar-refractivity contribution in [1.82, 2.24) is 9.36 Å². The number of carbonyl (C=O) groups is 2. The van der Waals surface area contributed by atoms with Gasteiger partial charge in [0.2, 0.25) is 0 Å². The Bertz CT molecular complexity index is 1440. The highest BCUT2D eigenvalue weighted by molar-refractivity contribution is 7.21. The second-order valence-corrected chi connectivity index (χ2v) is 8.79. The van der Waals surface area contributed by atoms with E-state index in [0.717, 1.165) is 11.3 Å². The van der Waals surface area contributed by atoms with Crippen molar-refractivity contribution in [2.75, 3.05) is 5.32 Å². The van der Waals surface area contributed by atoms with E-state index in [2.05, 4.69) is 5.32 Å². The number of aromatic nitrogens is 2. The zero-order valence-electron chi connectivity index (χ0n) is 17.9. The summed E-state index contributed by atoms with van der Waals surface area (Å²) in [6.45, 7) is 3.09. The van der Waals surface area contributed by atoms with Gasteiger partial charge in [0, 0.05) is 17.1 Å². The van der Waals surface area contributed by atoms with Gasteiger partial charge in [-0.2, -0.15) is 0 Å². The lowest BCUT2D eigenvalue weighted by Crippen LogP contribution is -2.32. The molecule has 0 saturated heterocycles. The monoisotopic (exact) mass is 487 g/mol. The standard InChI is InChI=1S/C23H19ClFN3O4S/c1-12-19(22(30)28(27(12)3)15-7-5-4-6-8-15)26-21(29)13(2)32-23(31)20-18(24)16-10-9-14(25)11-17(16)33-20/h4-11,13H,1-3H3,(H,26,29). The molecule has 0 spiro atoms. The molecule has 2 aromatic carbocycles. The van der Waals surface area contributed by atoms with Crippen molar-refractivity contribution < 1.29 is 18.7 Å². The van der Waals surface area contributed by atoms with Crippen LogP contribution in [0.25, 0.3) is 15.8 Å². The van der Waals surface area contributed by atoms with Crippen LogP contribution in [0.1, 0.15) is 22.3 Å². The lowest BCUT2D eigenvalue weighted by Gasteiger charge is -2.12. The van der Waals surface area contributed by atoms with Crippen molar-refractivity contribution >= 4 is 50.6 Å². The normalized spacial score (nSPS) is 12.0. The maximum Gasteiger partial charge on any atom is 0.350 e. The topological polar surface area (TPSA) is 82.3 Å². The zero-order chi connectivity index (χ0) is 23.9. The molecule has 2 heterocycles. The number of esters is 1. The molecule has 0 fully saturated rings. The first-order valence-electron chi connectivity index (χ1n) is 9.92. The third-order valence-corrected chi connectivity index (χ3v) is 6.87. The van der Waals surface area contributed by atoms with Crippen molar-refractivity contribution in [2.45, 2.75) is 20.0 Å². The molecule has 1 atom stereocenters. The number of hydrogen-bond donors (Lipinski definition) is 1. The number of halogens is 2. The molecular weight excluding hydrogens is 469 g/mol. The Morgan fingerprint density at radius 3 is 2.58 bits per heavy atom. The number of para-hydroxylation sites is 1. The number of nitrogens with one attached hydrogen (secondary N) is 1. The summed E-state index contributed by atoms with van der Waals surface area (Å²) >= 11 is 7.23. The lowest BCUT2D eigenvalue weighted by atomic mass is 10.2. The Hall–Kier alpha value is -3.43. The van der Waals surface area contributed by atoms with Crippen molar-refractivity contribution in [1.29, 1.82) is 0 Å². The molecule has 1 unspecified atom stereocenters. The number of carbonyl (C=O) groups excluding carboxylic acids is 2. The number of thiophene rings is 1. The number of amides is 1. The number of hydrogen-bond acceptors (Lipinski definition) is 5. The Balaban J connectivity index is 1.54. The fraction of sp³-hybridized carbons (Fsp3) is 0.174. The molecule has 4 aromatic rings. The first-order valence-corrected chi connectivity index (χ1v) is 11.1. The molecule has 1 N–H and O–H groups in total. The zero-order valence-corrected chi connectivity index (χ0v) is 19.5. The van der Waals surface area contributed by atoms with Gasteiger partial charge >= 0.3 is 5.97 Å². The van der Waals surface area contributed by atoms with Gasteiger partial charge in [0.15, 0.2) is 6.10 Å². The van der Waals surface area contributed by atoms with E-state index >= 15 is 0 Å². The molecule has 170 valence electrons. The minimum Gasteiger partial charge on any atom is -0.448 e. The van der Waals surface area contributed by atoms with Crippen molar-refractivity contribution in [3.05, 3.63) is 80.3 Å². The smallest absolute Gasteiger partial charge is 0.350 e. The average molecular weight is 488 g/mol. The molecule has 1 amide bonds. The third-order valence-electron chi connectivity index (χ3n) is 5.23. The van der Waals surface area contributed by atoms with Gasteiger partial charge in [-0.05, 0) is 44.2 Å². The molecule has 7 nitrogen and oxygen atoms in total. The summed E-state index contributed by atoms with van der Waals surface area (Å²) in [5, 5.41) is 3.22. The number of fused-ring (bicyclic) bond motifs is 1. The van der Waals surface area contributed by atoms with Gasteiger partial charge in [-0.1, -0.05) is 29.8 Å². The van der Waals surface area contributed by atoms with Crippen molar-refractivity contribution in [2.24, 2.45) is 7.05 Å². The molecule has 33 heavy (non-hydrogen) atoms. The second-order valence-electron chi connectivity index (χ2n) is 7.36. The fourth-order valence-electron chi connectivity index (χ4n) is 3.37. The molecule has 0 bridgehead atoms. The highest BCUT2D eigenvalue weighted by Gasteiger charge is 2.26. The van der Waals surface area contributed by atoms with E-state index in [1.807, 2.05) is 6.07 Å². The molecule has 0 aliphatic carbocycles. The van der Waals surface area contributed by atoms with Gasteiger partial charge in [-0.25, -0.2) is 13.9 Å². The maximum atomic E-state index is 13.5. The third kappa shape index (κ3) is 4.17. The number of nitrogens with zero attached hydrogens (tertiary/aromatic N) is 2. The van der Waals surface area contributed by atoms with E-state index in [-0.39, 0.29) is 15.6 Å². The highest BCUT2D eigenvalue weighted by atomic mass is 35.5. The van der Waals surface area contributed by atoms with Gasteiger partial charge < -0.3 is 10.1 Å². The first kappa shape index (κ1) is 22.8.